The molecule has 0 radical (unpaired) electrons. The van der Waals surface area contributed by atoms with E-state index in [2.05, 4.69) is 4.98 Å². The molecule has 2 aliphatic rings. The van der Waals surface area contributed by atoms with Crippen molar-refractivity contribution in [3.63, 3.8) is 0 Å². The van der Waals surface area contributed by atoms with E-state index in [1.807, 2.05) is 29.8 Å². The van der Waals surface area contributed by atoms with Gasteiger partial charge in [0.1, 0.15) is 11.4 Å². The highest BCUT2D eigenvalue weighted by Gasteiger charge is 2.50. The van der Waals surface area contributed by atoms with Crippen LogP contribution in [0.15, 0.2) is 42.7 Å². The summed E-state index contributed by atoms with van der Waals surface area (Å²) in [6.45, 7) is 1.32. The SMILES string of the molecule is Cn1cnc2cc(-c3ccc(C(=O)N4CCN(C(=O)C5(O)CC5)CC4)c(F)c3)ccc21. The molecule has 5 rings (SSSR count). The lowest BCUT2D eigenvalue weighted by Crippen LogP contribution is -2.53. The maximum atomic E-state index is 14.9. The Bertz CT molecular complexity index is 1190. The van der Waals surface area contributed by atoms with E-state index in [1.165, 1.54) is 12.1 Å². The third-order valence-electron chi connectivity index (χ3n) is 6.23. The van der Waals surface area contributed by atoms with Gasteiger partial charge >= 0.3 is 0 Å². The number of amides is 2. The van der Waals surface area contributed by atoms with Gasteiger partial charge in [-0.1, -0.05) is 12.1 Å². The summed E-state index contributed by atoms with van der Waals surface area (Å²) >= 11 is 0. The van der Waals surface area contributed by atoms with Crippen LogP contribution in [0.5, 0.6) is 0 Å². The number of hydrogen-bond donors (Lipinski definition) is 1. The number of aromatic nitrogens is 2. The van der Waals surface area contributed by atoms with E-state index in [1.54, 1.807) is 22.2 Å². The van der Waals surface area contributed by atoms with Gasteiger partial charge in [0.15, 0.2) is 0 Å². The van der Waals surface area contributed by atoms with Crippen LogP contribution in [0, 0.1) is 5.82 Å². The summed E-state index contributed by atoms with van der Waals surface area (Å²) in [6.07, 6.45) is 2.72. The van der Waals surface area contributed by atoms with E-state index in [0.717, 1.165) is 16.6 Å². The van der Waals surface area contributed by atoms with E-state index in [9.17, 15) is 19.1 Å². The Morgan fingerprint density at radius 1 is 1.00 bits per heavy atom. The molecule has 2 fully saturated rings. The third kappa shape index (κ3) is 3.46. The fourth-order valence-corrected chi connectivity index (χ4v) is 4.09. The van der Waals surface area contributed by atoms with Gasteiger partial charge in [-0.3, -0.25) is 9.59 Å². The normalized spacial score (nSPS) is 17.8. The molecule has 1 aliphatic carbocycles. The molecule has 0 unspecified atom stereocenters. The predicted octanol–water partition coefficient (Wildman–Crippen LogP) is 2.19. The maximum absolute atomic E-state index is 14.9. The van der Waals surface area contributed by atoms with Crippen LogP contribution in [0.3, 0.4) is 0 Å². The van der Waals surface area contributed by atoms with Crippen molar-refractivity contribution >= 4 is 22.8 Å². The van der Waals surface area contributed by atoms with Crippen molar-refractivity contribution in [1.82, 2.24) is 19.4 Å². The van der Waals surface area contributed by atoms with Crippen molar-refractivity contribution in [3.05, 3.63) is 54.1 Å². The monoisotopic (exact) mass is 422 g/mol. The molecular weight excluding hydrogens is 399 g/mol. The largest absolute Gasteiger partial charge is 0.380 e. The number of carbonyl (C=O) groups excluding carboxylic acids is 2. The minimum Gasteiger partial charge on any atom is -0.380 e. The van der Waals surface area contributed by atoms with Crippen LogP contribution >= 0.6 is 0 Å². The molecule has 2 heterocycles. The highest BCUT2D eigenvalue weighted by Crippen LogP contribution is 2.37. The van der Waals surface area contributed by atoms with Gasteiger partial charge in [-0.05, 0) is 48.2 Å². The van der Waals surface area contributed by atoms with Gasteiger partial charge in [0.25, 0.3) is 11.8 Å². The fraction of sp³-hybridized carbons (Fsp3) is 0.348. The van der Waals surface area contributed by atoms with E-state index in [0.29, 0.717) is 44.6 Å². The molecule has 1 aromatic heterocycles. The summed E-state index contributed by atoms with van der Waals surface area (Å²) in [5, 5.41) is 9.99. The molecular formula is C23H23FN4O3. The Morgan fingerprint density at radius 3 is 2.32 bits per heavy atom. The van der Waals surface area contributed by atoms with Gasteiger partial charge in [-0.2, -0.15) is 0 Å². The van der Waals surface area contributed by atoms with Gasteiger partial charge in [0.05, 0.1) is 22.9 Å². The second kappa shape index (κ2) is 7.16. The van der Waals surface area contributed by atoms with Crippen LogP contribution in [0.2, 0.25) is 0 Å². The first-order chi connectivity index (χ1) is 14.9. The molecule has 7 nitrogen and oxygen atoms in total. The summed E-state index contributed by atoms with van der Waals surface area (Å²) in [7, 11) is 1.92. The first kappa shape index (κ1) is 19.7. The topological polar surface area (TPSA) is 78.7 Å². The number of nitrogens with zero attached hydrogens (tertiary/aromatic N) is 4. The molecule has 1 N–H and O–H groups in total. The summed E-state index contributed by atoms with van der Waals surface area (Å²) in [5.41, 5.74) is 2.13. The van der Waals surface area contributed by atoms with E-state index in [-0.39, 0.29) is 17.4 Å². The molecule has 2 aromatic carbocycles. The maximum Gasteiger partial charge on any atom is 0.256 e. The van der Waals surface area contributed by atoms with Gasteiger partial charge in [-0.25, -0.2) is 9.37 Å². The van der Waals surface area contributed by atoms with Gasteiger partial charge in [0, 0.05) is 33.2 Å². The molecule has 160 valence electrons. The van der Waals surface area contributed by atoms with Gasteiger partial charge in [0.2, 0.25) is 0 Å². The Labute approximate surface area is 178 Å². The number of imidazole rings is 1. The van der Waals surface area contributed by atoms with Crippen molar-refractivity contribution in [2.45, 2.75) is 18.4 Å². The molecule has 0 atom stereocenters. The highest BCUT2D eigenvalue weighted by molar-refractivity contribution is 5.95. The number of carbonyl (C=O) groups is 2. The van der Waals surface area contributed by atoms with Crippen LogP contribution in [-0.2, 0) is 11.8 Å². The smallest absolute Gasteiger partial charge is 0.256 e. The van der Waals surface area contributed by atoms with Crippen LogP contribution in [-0.4, -0.2) is 68.1 Å². The zero-order valence-corrected chi connectivity index (χ0v) is 17.2. The number of aryl methyl sites for hydroxylation is 1. The van der Waals surface area contributed by atoms with Crippen molar-refractivity contribution in [3.8, 4) is 11.1 Å². The van der Waals surface area contributed by atoms with Crippen LogP contribution in [0.25, 0.3) is 22.2 Å². The minimum atomic E-state index is -1.20. The average Bonchev–Trinajstić information content (AvgIpc) is 3.44. The summed E-state index contributed by atoms with van der Waals surface area (Å²) < 4.78 is 16.8. The van der Waals surface area contributed by atoms with E-state index in [4.69, 9.17) is 0 Å². The highest BCUT2D eigenvalue weighted by atomic mass is 19.1. The number of fused-ring (bicyclic) bond motifs is 1. The first-order valence-electron chi connectivity index (χ1n) is 10.4. The zero-order valence-electron chi connectivity index (χ0n) is 17.2. The lowest BCUT2D eigenvalue weighted by molar-refractivity contribution is -0.143. The van der Waals surface area contributed by atoms with Gasteiger partial charge in [-0.15, -0.1) is 0 Å². The molecule has 1 saturated carbocycles. The summed E-state index contributed by atoms with van der Waals surface area (Å²) in [4.78, 5) is 32.6. The van der Waals surface area contributed by atoms with Crippen LogP contribution in [0.1, 0.15) is 23.2 Å². The standard InChI is InChI=1S/C23H23FN4O3/c1-26-14-25-19-13-16(3-5-20(19)26)15-2-4-17(18(24)12-15)21(29)27-8-10-28(11-9-27)22(30)23(31)6-7-23/h2-5,12-14,31H,6-11H2,1H3. The Morgan fingerprint density at radius 2 is 1.65 bits per heavy atom. The lowest BCUT2D eigenvalue weighted by atomic mass is 10.0. The van der Waals surface area contributed by atoms with E-state index < -0.39 is 11.4 Å². The minimum absolute atomic E-state index is 0.0169. The Balaban J connectivity index is 1.30. The van der Waals surface area contributed by atoms with E-state index >= 15 is 0 Å². The predicted molar refractivity (Wildman–Crippen MR) is 113 cm³/mol. The number of benzene rings is 2. The molecule has 3 aromatic rings. The molecule has 1 aliphatic heterocycles. The molecule has 0 spiro atoms. The average molecular weight is 422 g/mol. The Kier molecular flexibility index (Phi) is 4.55. The molecule has 1 saturated heterocycles. The van der Waals surface area contributed by atoms with Gasteiger partial charge < -0.3 is 19.5 Å². The summed E-state index contributed by atoms with van der Waals surface area (Å²) in [6, 6.07) is 10.4. The van der Waals surface area contributed by atoms with Crippen molar-refractivity contribution in [2.75, 3.05) is 26.2 Å². The number of rotatable bonds is 3. The third-order valence-corrected chi connectivity index (χ3v) is 6.23. The molecule has 8 heteroatoms. The van der Waals surface area contributed by atoms with Crippen molar-refractivity contribution in [1.29, 1.82) is 0 Å². The number of piperazine rings is 1. The van der Waals surface area contributed by atoms with Crippen molar-refractivity contribution in [2.24, 2.45) is 7.05 Å². The summed E-state index contributed by atoms with van der Waals surface area (Å²) in [5.74, 6) is -1.23. The Hall–Kier alpha value is -3.26. The second-order valence-electron chi connectivity index (χ2n) is 8.37. The molecule has 2 amide bonds. The number of halogens is 1. The molecule has 31 heavy (non-hydrogen) atoms. The zero-order chi connectivity index (χ0) is 21.8. The lowest BCUT2D eigenvalue weighted by Gasteiger charge is -2.35. The van der Waals surface area contributed by atoms with Crippen molar-refractivity contribution < 1.29 is 19.1 Å². The second-order valence-corrected chi connectivity index (χ2v) is 8.37. The fourth-order valence-electron chi connectivity index (χ4n) is 4.09. The van der Waals surface area contributed by atoms with Crippen LogP contribution < -0.4 is 0 Å². The quantitative estimate of drug-likeness (QED) is 0.702. The van der Waals surface area contributed by atoms with Crippen LogP contribution in [0.4, 0.5) is 4.39 Å². The first-order valence-corrected chi connectivity index (χ1v) is 10.4. The number of aliphatic hydroxyl groups is 1. The number of hydrogen-bond acceptors (Lipinski definition) is 4. The molecule has 0 bridgehead atoms.